The third-order valence-electron chi connectivity index (χ3n) is 2.35. The first-order chi connectivity index (χ1) is 8.47. The molecule has 0 fully saturated rings. The summed E-state index contributed by atoms with van der Waals surface area (Å²) in [5.41, 5.74) is 6.39. The summed E-state index contributed by atoms with van der Waals surface area (Å²) >= 11 is 0. The Morgan fingerprint density at radius 1 is 1.39 bits per heavy atom. The van der Waals surface area contributed by atoms with Gasteiger partial charge in [0.2, 0.25) is 0 Å². The zero-order chi connectivity index (χ0) is 13.7. The molecule has 0 aliphatic rings. The lowest BCUT2D eigenvalue weighted by Crippen LogP contribution is -2.33. The van der Waals surface area contributed by atoms with Crippen LogP contribution < -0.4 is 16.6 Å². The van der Waals surface area contributed by atoms with E-state index in [0.29, 0.717) is 11.4 Å². The van der Waals surface area contributed by atoms with E-state index < -0.39 is 5.97 Å². The van der Waals surface area contributed by atoms with Gasteiger partial charge in [0, 0.05) is 0 Å². The highest BCUT2D eigenvalue weighted by atomic mass is 19.1. The molecule has 0 heterocycles. The minimum atomic E-state index is -0.632. The van der Waals surface area contributed by atoms with Crippen molar-refractivity contribution in [3.8, 4) is 0 Å². The number of allylic oxidation sites excluding steroid dienone is 1. The quantitative estimate of drug-likeness (QED) is 0.365. The molecule has 0 aliphatic heterocycles. The molecule has 1 aromatic rings. The van der Waals surface area contributed by atoms with E-state index in [-0.39, 0.29) is 18.1 Å². The topological polar surface area (TPSA) is 81.6 Å². The van der Waals surface area contributed by atoms with Gasteiger partial charge in [-0.15, -0.1) is 0 Å². The van der Waals surface area contributed by atoms with E-state index >= 15 is 0 Å². The first kappa shape index (κ1) is 14.0. The molecule has 0 saturated carbocycles. The van der Waals surface area contributed by atoms with Crippen molar-refractivity contribution in [2.75, 3.05) is 11.6 Å². The van der Waals surface area contributed by atoms with E-state index in [1.165, 1.54) is 29.3 Å². The van der Waals surface area contributed by atoms with E-state index in [9.17, 15) is 9.18 Å². The van der Waals surface area contributed by atoms with Gasteiger partial charge in [-0.2, -0.15) is 0 Å². The first-order valence-electron chi connectivity index (χ1n) is 5.41. The standard InChI is InChI=1S/C12H16FN3O2/c1-3-18-12(17)11(14)8(2)16(15)10-6-4-9(13)5-7-10/h4-7H,3,14-15H2,1-2H3/b11-8-. The number of hydrogen-bond donors (Lipinski definition) is 2. The molecule has 1 aromatic carbocycles. The van der Waals surface area contributed by atoms with Crippen molar-refractivity contribution >= 4 is 11.7 Å². The molecule has 0 amide bonds. The monoisotopic (exact) mass is 253 g/mol. The van der Waals surface area contributed by atoms with Crippen LogP contribution in [0.1, 0.15) is 13.8 Å². The zero-order valence-electron chi connectivity index (χ0n) is 10.3. The number of carbonyl (C=O) groups excluding carboxylic acids is 1. The van der Waals surface area contributed by atoms with Crippen LogP contribution in [-0.2, 0) is 9.53 Å². The smallest absolute Gasteiger partial charge is 0.356 e. The fourth-order valence-electron chi connectivity index (χ4n) is 1.28. The Morgan fingerprint density at radius 2 is 1.94 bits per heavy atom. The molecule has 0 unspecified atom stereocenters. The molecule has 0 spiro atoms. The fourth-order valence-corrected chi connectivity index (χ4v) is 1.28. The van der Waals surface area contributed by atoms with E-state index in [1.54, 1.807) is 13.8 Å². The predicted octanol–water partition coefficient (Wildman–Crippen LogP) is 1.26. The summed E-state index contributed by atoms with van der Waals surface area (Å²) in [6, 6.07) is 5.50. The van der Waals surface area contributed by atoms with Gasteiger partial charge in [-0.1, -0.05) is 0 Å². The van der Waals surface area contributed by atoms with Crippen LogP contribution in [0, 0.1) is 5.82 Å². The Balaban J connectivity index is 2.95. The fraction of sp³-hybridized carbons (Fsp3) is 0.250. The molecule has 1 rings (SSSR count). The number of carbonyl (C=O) groups is 1. The van der Waals surface area contributed by atoms with E-state index in [1.807, 2.05) is 0 Å². The molecule has 18 heavy (non-hydrogen) atoms. The number of ether oxygens (including phenoxy) is 1. The first-order valence-corrected chi connectivity index (χ1v) is 5.41. The van der Waals surface area contributed by atoms with Gasteiger partial charge in [-0.05, 0) is 38.1 Å². The number of benzene rings is 1. The normalized spacial score (nSPS) is 11.8. The van der Waals surface area contributed by atoms with Crippen LogP contribution in [0.25, 0.3) is 0 Å². The third-order valence-corrected chi connectivity index (χ3v) is 2.35. The summed E-state index contributed by atoms with van der Waals surface area (Å²) < 4.78 is 17.5. The van der Waals surface area contributed by atoms with Crippen molar-refractivity contribution in [2.24, 2.45) is 11.6 Å². The second-order valence-electron chi connectivity index (χ2n) is 3.57. The minimum Gasteiger partial charge on any atom is -0.461 e. The summed E-state index contributed by atoms with van der Waals surface area (Å²) in [5, 5.41) is 1.20. The number of hydrogen-bond acceptors (Lipinski definition) is 5. The Bertz CT molecular complexity index is 457. The van der Waals surface area contributed by atoms with Gasteiger partial charge in [0.05, 0.1) is 18.0 Å². The van der Waals surface area contributed by atoms with Gasteiger partial charge in [0.15, 0.2) is 0 Å². The van der Waals surface area contributed by atoms with Crippen molar-refractivity contribution in [3.05, 3.63) is 41.5 Å². The van der Waals surface area contributed by atoms with Gasteiger partial charge < -0.3 is 10.5 Å². The minimum absolute atomic E-state index is 0.0799. The van der Waals surface area contributed by atoms with Gasteiger partial charge in [-0.3, -0.25) is 5.01 Å². The number of rotatable bonds is 4. The van der Waals surface area contributed by atoms with Crippen molar-refractivity contribution in [3.63, 3.8) is 0 Å². The average Bonchev–Trinajstić information content (AvgIpc) is 2.37. The average molecular weight is 253 g/mol. The van der Waals surface area contributed by atoms with Gasteiger partial charge in [0.25, 0.3) is 0 Å². The van der Waals surface area contributed by atoms with Crippen LogP contribution in [0.2, 0.25) is 0 Å². The van der Waals surface area contributed by atoms with Crippen LogP contribution >= 0.6 is 0 Å². The van der Waals surface area contributed by atoms with Crippen molar-refractivity contribution in [2.45, 2.75) is 13.8 Å². The number of anilines is 1. The lowest BCUT2D eigenvalue weighted by molar-refractivity contribution is -0.138. The van der Waals surface area contributed by atoms with Crippen LogP contribution in [-0.4, -0.2) is 12.6 Å². The van der Waals surface area contributed by atoms with Crippen LogP contribution in [0.3, 0.4) is 0 Å². The molecule has 0 radical (unpaired) electrons. The summed E-state index contributed by atoms with van der Waals surface area (Å²) in [6.07, 6.45) is 0. The molecule has 4 N–H and O–H groups in total. The Kier molecular flexibility index (Phi) is 4.67. The van der Waals surface area contributed by atoms with Crippen LogP contribution in [0.15, 0.2) is 35.7 Å². The van der Waals surface area contributed by atoms with Crippen LogP contribution in [0.5, 0.6) is 0 Å². The van der Waals surface area contributed by atoms with Crippen molar-refractivity contribution in [1.82, 2.24) is 0 Å². The predicted molar refractivity (Wildman–Crippen MR) is 66.6 cm³/mol. The Morgan fingerprint density at radius 3 is 2.44 bits per heavy atom. The maximum Gasteiger partial charge on any atom is 0.356 e. The largest absolute Gasteiger partial charge is 0.461 e. The molecule has 0 saturated heterocycles. The number of nitrogens with two attached hydrogens (primary N) is 2. The van der Waals surface area contributed by atoms with E-state index in [2.05, 4.69) is 0 Å². The number of esters is 1. The zero-order valence-corrected chi connectivity index (χ0v) is 10.3. The molecule has 0 aromatic heterocycles. The molecule has 6 heteroatoms. The molecular formula is C12H16FN3O2. The summed E-state index contributed by atoms with van der Waals surface area (Å²) in [7, 11) is 0. The van der Waals surface area contributed by atoms with Crippen LogP contribution in [0.4, 0.5) is 10.1 Å². The Hall–Kier alpha value is -2.08. The van der Waals surface area contributed by atoms with E-state index in [4.69, 9.17) is 16.3 Å². The molecule has 0 aliphatic carbocycles. The second kappa shape index (κ2) is 6.02. The number of halogens is 1. The van der Waals surface area contributed by atoms with Crippen molar-refractivity contribution in [1.29, 1.82) is 0 Å². The molecular weight excluding hydrogens is 237 g/mol. The highest BCUT2D eigenvalue weighted by molar-refractivity contribution is 5.88. The molecule has 0 bridgehead atoms. The molecule has 0 atom stereocenters. The lowest BCUT2D eigenvalue weighted by Gasteiger charge is -2.20. The molecule has 5 nitrogen and oxygen atoms in total. The van der Waals surface area contributed by atoms with E-state index in [0.717, 1.165) is 0 Å². The summed E-state index contributed by atoms with van der Waals surface area (Å²) in [4.78, 5) is 11.4. The third kappa shape index (κ3) is 3.21. The van der Waals surface area contributed by atoms with Crippen molar-refractivity contribution < 1.29 is 13.9 Å². The Labute approximate surface area is 105 Å². The second-order valence-corrected chi connectivity index (χ2v) is 3.57. The highest BCUT2D eigenvalue weighted by Crippen LogP contribution is 2.17. The summed E-state index contributed by atoms with van der Waals surface area (Å²) in [5.74, 6) is 4.79. The number of nitrogens with zero attached hydrogens (tertiary/aromatic N) is 1. The van der Waals surface area contributed by atoms with Gasteiger partial charge >= 0.3 is 5.97 Å². The SMILES string of the molecule is CCOC(=O)/C(N)=C(\C)N(N)c1ccc(F)cc1. The molecule has 98 valence electrons. The summed E-state index contributed by atoms with van der Waals surface area (Å²) in [6.45, 7) is 3.49. The van der Waals surface area contributed by atoms with Gasteiger partial charge in [0.1, 0.15) is 11.5 Å². The number of hydrazine groups is 1. The van der Waals surface area contributed by atoms with Gasteiger partial charge in [-0.25, -0.2) is 15.0 Å². The lowest BCUT2D eigenvalue weighted by atomic mass is 10.2. The maximum atomic E-state index is 12.8. The maximum absolute atomic E-state index is 12.8. The highest BCUT2D eigenvalue weighted by Gasteiger charge is 2.14.